The molecule has 0 saturated heterocycles. The maximum Gasteiger partial charge on any atom is 0 e. The first-order chi connectivity index (χ1) is 3.39. The van der Waals surface area contributed by atoms with Gasteiger partial charge in [-0.2, -0.15) is 35.9 Å². The molecule has 0 unspecified atom stereocenters. The van der Waals surface area contributed by atoms with Crippen LogP contribution < -0.4 is 0 Å². The van der Waals surface area contributed by atoms with Gasteiger partial charge in [0.15, 0.2) is 0 Å². The average Bonchev–Trinajstić information content (AvgIpc) is 1.69. The van der Waals surface area contributed by atoms with Crippen molar-refractivity contribution in [3.05, 3.63) is 35.9 Å². The molecule has 8 heavy (non-hydrogen) atoms. The SMILES string of the molecule is Cc1[c-]cccc1.[Ti]. The van der Waals surface area contributed by atoms with Gasteiger partial charge in [0, 0.05) is 21.7 Å². The Hall–Kier alpha value is -0.0657. The molecule has 0 radical (unpaired) electrons. The first kappa shape index (κ1) is 7.93. The number of hydrogen-bond acceptors (Lipinski definition) is 0. The molecule has 0 aliphatic carbocycles. The fourth-order valence-electron chi connectivity index (χ4n) is 0.483. The van der Waals surface area contributed by atoms with Gasteiger partial charge < -0.3 is 0 Å². The third-order valence-electron chi connectivity index (χ3n) is 0.865. The van der Waals surface area contributed by atoms with E-state index in [1.165, 1.54) is 5.56 Å². The summed E-state index contributed by atoms with van der Waals surface area (Å²) in [6.45, 7) is 2.03. The Morgan fingerprint density at radius 2 is 2.12 bits per heavy atom. The van der Waals surface area contributed by atoms with Crippen molar-refractivity contribution in [2.75, 3.05) is 0 Å². The zero-order valence-corrected chi connectivity index (χ0v) is 6.37. The third kappa shape index (κ3) is 2.30. The van der Waals surface area contributed by atoms with Gasteiger partial charge in [0.05, 0.1) is 0 Å². The summed E-state index contributed by atoms with van der Waals surface area (Å²) in [7, 11) is 0. The van der Waals surface area contributed by atoms with Crippen molar-refractivity contribution in [3.8, 4) is 0 Å². The molecule has 0 spiro atoms. The Kier molecular flexibility index (Phi) is 3.85. The molecule has 0 aromatic heterocycles. The summed E-state index contributed by atoms with van der Waals surface area (Å²) in [4.78, 5) is 0. The van der Waals surface area contributed by atoms with Crippen LogP contribution in [0.3, 0.4) is 0 Å². The van der Waals surface area contributed by atoms with Gasteiger partial charge in [0.25, 0.3) is 0 Å². The minimum absolute atomic E-state index is 0. The van der Waals surface area contributed by atoms with Gasteiger partial charge in [-0.15, -0.1) is 0 Å². The second-order valence-corrected chi connectivity index (χ2v) is 1.55. The Bertz CT molecular complexity index is 134. The van der Waals surface area contributed by atoms with Gasteiger partial charge >= 0.3 is 0 Å². The van der Waals surface area contributed by atoms with Crippen LogP contribution in [0.4, 0.5) is 0 Å². The normalized spacial score (nSPS) is 7.62. The number of benzene rings is 1. The second-order valence-electron chi connectivity index (χ2n) is 1.55. The Morgan fingerprint density at radius 3 is 2.38 bits per heavy atom. The summed E-state index contributed by atoms with van der Waals surface area (Å²) in [5, 5.41) is 0. The molecule has 0 aliphatic rings. The maximum atomic E-state index is 3.03. The number of rotatable bonds is 0. The van der Waals surface area contributed by atoms with Crippen molar-refractivity contribution in [3.63, 3.8) is 0 Å². The van der Waals surface area contributed by atoms with Gasteiger partial charge in [-0.1, -0.05) is 6.92 Å². The Morgan fingerprint density at radius 1 is 1.38 bits per heavy atom. The molecule has 0 N–H and O–H groups in total. The third-order valence-corrected chi connectivity index (χ3v) is 0.865. The van der Waals surface area contributed by atoms with Crippen molar-refractivity contribution in [2.24, 2.45) is 0 Å². The molecule has 0 atom stereocenters. The van der Waals surface area contributed by atoms with Crippen molar-refractivity contribution < 1.29 is 21.7 Å². The zero-order chi connectivity index (χ0) is 5.11. The van der Waals surface area contributed by atoms with E-state index in [-0.39, 0.29) is 21.7 Å². The van der Waals surface area contributed by atoms with Crippen LogP contribution in [0.25, 0.3) is 0 Å². The van der Waals surface area contributed by atoms with Gasteiger partial charge in [0.1, 0.15) is 0 Å². The molecule has 1 aromatic rings. The van der Waals surface area contributed by atoms with E-state index < -0.39 is 0 Å². The molecule has 0 nitrogen and oxygen atoms in total. The molecule has 0 fully saturated rings. The van der Waals surface area contributed by atoms with E-state index >= 15 is 0 Å². The molecule has 0 heterocycles. The van der Waals surface area contributed by atoms with E-state index in [0.717, 1.165) is 0 Å². The van der Waals surface area contributed by atoms with Crippen LogP contribution >= 0.6 is 0 Å². The van der Waals surface area contributed by atoms with Gasteiger partial charge in [-0.25, -0.2) is 0 Å². The fourth-order valence-corrected chi connectivity index (χ4v) is 0.483. The summed E-state index contributed by atoms with van der Waals surface area (Å²) >= 11 is 0. The van der Waals surface area contributed by atoms with Crippen molar-refractivity contribution in [1.29, 1.82) is 0 Å². The summed E-state index contributed by atoms with van der Waals surface area (Å²) in [5.74, 6) is 0. The average molecular weight is 139 g/mol. The molecule has 1 rings (SSSR count). The molecule has 0 bridgehead atoms. The van der Waals surface area contributed by atoms with Crippen LogP contribution in [-0.2, 0) is 21.7 Å². The van der Waals surface area contributed by atoms with Crippen LogP contribution in [0.2, 0.25) is 0 Å². The monoisotopic (exact) mass is 139 g/mol. The summed E-state index contributed by atoms with van der Waals surface area (Å²) in [6.07, 6.45) is 0. The Labute approximate surface area is 64.8 Å². The molecule has 1 heteroatoms. The molecule has 40 valence electrons. The second kappa shape index (κ2) is 3.88. The minimum atomic E-state index is 0. The van der Waals surface area contributed by atoms with Crippen LogP contribution in [0, 0.1) is 13.0 Å². The molecule has 0 amide bonds. The summed E-state index contributed by atoms with van der Waals surface area (Å²) in [6, 6.07) is 10.9. The fraction of sp³-hybridized carbons (Fsp3) is 0.143. The van der Waals surface area contributed by atoms with Crippen molar-refractivity contribution in [2.45, 2.75) is 6.92 Å². The standard InChI is InChI=1S/C7H7.Ti/c1-7-5-3-2-4-6-7;/h2-5H,1H3;/q-1;. The first-order valence-electron chi connectivity index (χ1n) is 2.33. The molecule has 1 aromatic carbocycles. The Balaban J connectivity index is 0.000000490. The zero-order valence-electron chi connectivity index (χ0n) is 4.81. The summed E-state index contributed by atoms with van der Waals surface area (Å²) < 4.78 is 0. The molecular weight excluding hydrogens is 132 g/mol. The largest absolute Gasteiger partial charge is 0.181 e. The first-order valence-corrected chi connectivity index (χ1v) is 2.33. The topological polar surface area (TPSA) is 0 Å². The van der Waals surface area contributed by atoms with Crippen LogP contribution in [-0.4, -0.2) is 0 Å². The van der Waals surface area contributed by atoms with Gasteiger partial charge in [0.2, 0.25) is 0 Å². The quantitative estimate of drug-likeness (QED) is 0.379. The predicted molar refractivity (Wildman–Crippen MR) is 30.0 cm³/mol. The van der Waals surface area contributed by atoms with Crippen LogP contribution in [0.1, 0.15) is 5.56 Å². The van der Waals surface area contributed by atoms with Crippen molar-refractivity contribution >= 4 is 0 Å². The molecular formula is C7H7Ti-. The van der Waals surface area contributed by atoms with E-state index in [1.807, 2.05) is 31.2 Å². The summed E-state index contributed by atoms with van der Waals surface area (Å²) in [5.41, 5.74) is 1.20. The number of aryl methyl sites for hydroxylation is 1. The molecule has 0 saturated carbocycles. The smallest absolute Gasteiger partial charge is 0 e. The van der Waals surface area contributed by atoms with E-state index in [1.54, 1.807) is 0 Å². The maximum absolute atomic E-state index is 3.03. The number of hydrogen-bond donors (Lipinski definition) is 0. The predicted octanol–water partition coefficient (Wildman–Crippen LogP) is 1.79. The van der Waals surface area contributed by atoms with E-state index in [4.69, 9.17) is 0 Å². The van der Waals surface area contributed by atoms with Crippen LogP contribution in [0.5, 0.6) is 0 Å². The van der Waals surface area contributed by atoms with Gasteiger partial charge in [-0.05, 0) is 0 Å². The van der Waals surface area contributed by atoms with E-state index in [2.05, 4.69) is 6.07 Å². The minimum Gasteiger partial charge on any atom is -0.181 e. The van der Waals surface area contributed by atoms with E-state index in [0.29, 0.717) is 0 Å². The van der Waals surface area contributed by atoms with Gasteiger partial charge in [-0.3, -0.25) is 0 Å². The molecule has 0 aliphatic heterocycles. The van der Waals surface area contributed by atoms with E-state index in [9.17, 15) is 0 Å². The van der Waals surface area contributed by atoms with Crippen molar-refractivity contribution in [1.82, 2.24) is 0 Å². The van der Waals surface area contributed by atoms with Crippen LogP contribution in [0.15, 0.2) is 24.3 Å².